The van der Waals surface area contributed by atoms with Crippen LogP contribution in [0.1, 0.15) is 25.2 Å². The summed E-state index contributed by atoms with van der Waals surface area (Å²) in [5.41, 5.74) is 0. The first-order valence-corrected chi connectivity index (χ1v) is 1.42. The summed E-state index contributed by atoms with van der Waals surface area (Å²) < 4.78 is 27.5. The van der Waals surface area contributed by atoms with Gasteiger partial charge in [-0.3, -0.25) is 0 Å². The third kappa shape index (κ3) is 3.96. The fourth-order valence-electron chi connectivity index (χ4n) is 0.0791. The molecule has 0 saturated heterocycles. The fraction of sp³-hybridized carbons (Fsp3) is 1.00. The Morgan fingerprint density at radius 2 is 2.60 bits per heavy atom. The van der Waals surface area contributed by atoms with Gasteiger partial charge < -0.3 is 5.11 Å². The minimum atomic E-state index is -2.13. The van der Waals surface area contributed by atoms with Crippen LogP contribution in [0, 0.1) is 0 Å². The van der Waals surface area contributed by atoms with Gasteiger partial charge in [0.05, 0.1) is 0 Å². The van der Waals surface area contributed by atoms with Crippen molar-refractivity contribution in [1.82, 2.24) is 0 Å². The lowest BCUT2D eigenvalue weighted by Gasteiger charge is -1.79. The number of hydrogen-bond acceptors (Lipinski definition) is 1. The van der Waals surface area contributed by atoms with Crippen LogP contribution in [-0.2, 0) is 0 Å². The van der Waals surface area contributed by atoms with Crippen LogP contribution in [0.15, 0.2) is 0 Å². The monoisotopic (exact) mass is 78.1 g/mol. The van der Waals surface area contributed by atoms with Gasteiger partial charge in [0, 0.05) is 12.1 Å². The minimum absolute atomic E-state index is 0.781. The van der Waals surface area contributed by atoms with Crippen LogP contribution >= 0.6 is 0 Å². The average molecular weight is 78.1 g/mol. The maximum atomic E-state index is 8.31. The van der Waals surface area contributed by atoms with Gasteiger partial charge in [-0.25, -0.2) is 0 Å². The van der Waals surface area contributed by atoms with E-state index in [1.54, 1.807) is 0 Å². The van der Waals surface area contributed by atoms with E-state index in [0.29, 0.717) is 0 Å². The summed E-state index contributed by atoms with van der Waals surface area (Å²) in [5, 5.41) is 8.31. The van der Waals surface area contributed by atoms with Crippen molar-refractivity contribution in [2.45, 2.75) is 19.7 Å². The molecule has 0 rings (SSSR count). The van der Waals surface area contributed by atoms with E-state index in [2.05, 4.69) is 0 Å². The van der Waals surface area contributed by atoms with Gasteiger partial charge in [0.15, 0.2) is 0 Å². The Balaban J connectivity index is 4.14. The topological polar surface area (TPSA) is 20.2 Å². The Morgan fingerprint density at radius 1 is 2.00 bits per heavy atom. The van der Waals surface area contributed by atoms with Gasteiger partial charge in [0.2, 0.25) is 0 Å². The lowest BCUT2D eigenvalue weighted by atomic mass is 10.4. The van der Waals surface area contributed by atoms with Crippen molar-refractivity contribution in [3.63, 3.8) is 0 Å². The van der Waals surface area contributed by atoms with E-state index in [0.717, 1.165) is 6.92 Å². The molecular weight excluding hydrogens is 64.0 g/mol. The van der Waals surface area contributed by atoms with Crippen molar-refractivity contribution in [1.29, 1.82) is 0 Å². The molecule has 0 bridgehead atoms. The number of aliphatic hydroxyl groups is 1. The summed E-state index contributed by atoms with van der Waals surface area (Å²) in [6, 6.07) is 0. The predicted octanol–water partition coefficient (Wildman–Crippen LogP) is 0.779. The van der Waals surface area contributed by atoms with Crippen LogP contribution in [0.5, 0.6) is 0 Å². The highest BCUT2D eigenvalue weighted by Crippen LogP contribution is 1.78. The van der Waals surface area contributed by atoms with Gasteiger partial charge in [0.25, 0.3) is 0 Å². The molecule has 1 heteroatoms. The Bertz CT molecular complexity index is 95.2. The second-order valence-electron chi connectivity index (χ2n) is 0.585. The summed E-state index contributed by atoms with van der Waals surface area (Å²) in [7, 11) is 0. The van der Waals surface area contributed by atoms with Crippen LogP contribution in [0.4, 0.5) is 0 Å². The summed E-state index contributed by atoms with van der Waals surface area (Å²) in [5.74, 6) is 0. The second kappa shape index (κ2) is 3.96. The molecule has 0 amide bonds. The van der Waals surface area contributed by atoms with E-state index in [1.807, 2.05) is 0 Å². The molecule has 1 N–H and O–H groups in total. The Hall–Kier alpha value is -0.0400. The maximum absolute atomic E-state index is 8.31. The van der Waals surface area contributed by atoms with E-state index in [4.69, 9.17) is 10.6 Å². The highest BCUT2D eigenvalue weighted by Gasteiger charge is 1.69. The van der Waals surface area contributed by atoms with Gasteiger partial charge in [0.1, 0.15) is 0 Å². The summed E-state index contributed by atoms with van der Waals surface area (Å²) in [6.45, 7) is 0.319. The van der Waals surface area contributed by atoms with E-state index >= 15 is 0 Å². The van der Waals surface area contributed by atoms with Gasteiger partial charge in [-0.1, -0.05) is 13.3 Å². The summed E-state index contributed by atoms with van der Waals surface area (Å²) in [6.07, 6.45) is -4.10. The van der Waals surface area contributed by atoms with Crippen LogP contribution in [0.2, 0.25) is 0 Å². The predicted molar refractivity (Wildman–Crippen MR) is 22.0 cm³/mol. The average Bonchev–Trinajstić information content (AvgIpc) is 1.64. The van der Waals surface area contributed by atoms with Gasteiger partial charge in [-0.2, -0.15) is 0 Å². The maximum Gasteiger partial charge on any atom is 0.0430 e. The van der Waals surface area contributed by atoms with Gasteiger partial charge in [-0.05, 0) is 6.37 Å². The zero-order valence-corrected chi connectivity index (χ0v) is 3.15. The molecule has 0 aromatic carbocycles. The molecule has 0 atom stereocenters. The van der Waals surface area contributed by atoms with Crippen molar-refractivity contribution < 1.29 is 10.6 Å². The molecule has 0 aromatic heterocycles. The smallest absolute Gasteiger partial charge is 0.0430 e. The lowest BCUT2D eigenvalue weighted by molar-refractivity contribution is 0.287. The van der Waals surface area contributed by atoms with Crippen molar-refractivity contribution in [3.8, 4) is 0 Å². The molecule has 0 saturated carbocycles. The highest BCUT2D eigenvalue weighted by molar-refractivity contribution is 4.23. The summed E-state index contributed by atoms with van der Waals surface area (Å²) in [4.78, 5) is 0. The molecule has 0 radical (unpaired) electrons. The minimum Gasteiger partial charge on any atom is -0.396 e. The van der Waals surface area contributed by atoms with Crippen LogP contribution in [0.25, 0.3) is 0 Å². The SMILES string of the molecule is [2H]C([2H])(C)C([2H])([2H])CO. The molecule has 1 nitrogen and oxygen atoms in total. The molecule has 0 aliphatic rings. The third-order valence-electron chi connectivity index (χ3n) is 0.256. The highest BCUT2D eigenvalue weighted by atomic mass is 16.2. The number of rotatable bonds is 2. The first kappa shape index (κ1) is 1.23. The third-order valence-corrected chi connectivity index (χ3v) is 0.256. The van der Waals surface area contributed by atoms with Crippen molar-refractivity contribution in [2.75, 3.05) is 6.61 Å². The first-order chi connectivity index (χ1) is 3.81. The Kier molecular flexibility index (Phi) is 0.972. The normalized spacial score (nSPS) is 26.0. The Morgan fingerprint density at radius 3 is 2.60 bits per heavy atom. The van der Waals surface area contributed by atoms with E-state index < -0.39 is 19.4 Å². The van der Waals surface area contributed by atoms with Gasteiger partial charge in [-0.15, -0.1) is 0 Å². The number of hydrogen-bond donors (Lipinski definition) is 1. The lowest BCUT2D eigenvalue weighted by Crippen LogP contribution is -1.75. The molecule has 0 unspecified atom stereocenters. The largest absolute Gasteiger partial charge is 0.396 e. The van der Waals surface area contributed by atoms with Crippen molar-refractivity contribution in [2.24, 2.45) is 0 Å². The van der Waals surface area contributed by atoms with E-state index in [9.17, 15) is 0 Å². The Labute approximate surface area is 38.2 Å². The molecule has 0 aliphatic heterocycles. The molecule has 5 heavy (non-hydrogen) atoms. The first-order valence-electron chi connectivity index (χ1n) is 3.42. The van der Waals surface area contributed by atoms with Crippen LogP contribution in [-0.4, -0.2) is 11.7 Å². The van der Waals surface area contributed by atoms with E-state index in [-0.39, 0.29) is 0 Å². The quantitative estimate of drug-likeness (QED) is 0.517. The van der Waals surface area contributed by atoms with Crippen LogP contribution < -0.4 is 0 Å². The molecule has 0 aliphatic carbocycles. The van der Waals surface area contributed by atoms with Crippen molar-refractivity contribution in [3.05, 3.63) is 0 Å². The second-order valence-corrected chi connectivity index (χ2v) is 0.585. The van der Waals surface area contributed by atoms with E-state index in [1.165, 1.54) is 0 Å². The molecule has 0 fully saturated rings. The number of aliphatic hydroxyl groups excluding tert-OH is 1. The van der Waals surface area contributed by atoms with Crippen molar-refractivity contribution >= 4 is 0 Å². The standard InChI is InChI=1S/C4H10O/c1-2-3-4-5/h5H,2-4H2,1H3/i2D2,3D2. The fourth-order valence-corrected chi connectivity index (χ4v) is 0.0791. The molecule has 0 spiro atoms. The summed E-state index contributed by atoms with van der Waals surface area (Å²) >= 11 is 0. The van der Waals surface area contributed by atoms with Crippen LogP contribution in [0.3, 0.4) is 0 Å². The zero-order valence-electron chi connectivity index (χ0n) is 7.15. The molecule has 0 heterocycles. The molecular formula is C4H10O. The van der Waals surface area contributed by atoms with Gasteiger partial charge >= 0.3 is 0 Å². The zero-order chi connectivity index (χ0) is 7.71. The molecule has 32 valence electrons. The molecule has 0 aromatic rings.